The molecule has 2 unspecified atom stereocenters. The molecule has 2 atom stereocenters. The maximum Gasteiger partial charge on any atom is 0.210 e. The Bertz CT molecular complexity index is 967. The Morgan fingerprint density at radius 3 is 3.00 bits per heavy atom. The number of hydrogen-bond acceptors (Lipinski definition) is 3. The van der Waals surface area contributed by atoms with Crippen molar-refractivity contribution in [2.75, 3.05) is 0 Å². The molecule has 5 rings (SSSR count). The molecule has 0 N–H and O–H groups in total. The summed E-state index contributed by atoms with van der Waals surface area (Å²) in [4.78, 5) is 17.8. The molecule has 1 saturated heterocycles. The maximum atomic E-state index is 13.5. The van der Waals surface area contributed by atoms with Gasteiger partial charge in [0, 0.05) is 35.9 Å². The van der Waals surface area contributed by atoms with Gasteiger partial charge in [0.05, 0.1) is 17.4 Å². The first kappa shape index (κ1) is 13.7. The van der Waals surface area contributed by atoms with Crippen LogP contribution in [0.25, 0.3) is 16.9 Å². The lowest BCUT2D eigenvalue weighted by atomic mass is 10.00. The van der Waals surface area contributed by atoms with E-state index in [1.165, 1.54) is 12.1 Å². The zero-order valence-corrected chi connectivity index (χ0v) is 12.9. The van der Waals surface area contributed by atoms with Crippen molar-refractivity contribution in [1.82, 2.24) is 19.5 Å². The normalized spacial score (nSPS) is 22.0. The number of hydrogen-bond donors (Lipinski definition) is 0. The predicted molar refractivity (Wildman–Crippen MR) is 85.8 cm³/mol. The molecule has 0 aliphatic carbocycles. The first-order chi connectivity index (χ1) is 11.7. The topological polar surface area (TPSA) is 50.5 Å². The standard InChI is InChI=1S/C18H15FN4O/c19-12-3-1-2-11(6-12)15-8-18-20-9-14-16-5-4-13(22(16)10-24)7-17(14)23(18)21-15/h1-3,6,8-10,13,16H,4-5,7H2. The number of rotatable bonds is 2. The van der Waals surface area contributed by atoms with Crippen molar-refractivity contribution in [3.8, 4) is 11.3 Å². The molecule has 6 heteroatoms. The second-order valence-corrected chi connectivity index (χ2v) is 6.47. The molecule has 4 heterocycles. The zero-order chi connectivity index (χ0) is 16.3. The van der Waals surface area contributed by atoms with Crippen LogP contribution in [0.2, 0.25) is 0 Å². The van der Waals surface area contributed by atoms with Crippen LogP contribution in [0.4, 0.5) is 4.39 Å². The Labute approximate surface area is 137 Å². The van der Waals surface area contributed by atoms with E-state index in [0.29, 0.717) is 5.69 Å². The van der Waals surface area contributed by atoms with Gasteiger partial charge in [-0.15, -0.1) is 0 Å². The Kier molecular flexibility index (Phi) is 2.77. The van der Waals surface area contributed by atoms with Crippen LogP contribution < -0.4 is 0 Å². The summed E-state index contributed by atoms with van der Waals surface area (Å²) >= 11 is 0. The quantitative estimate of drug-likeness (QED) is 0.682. The molecule has 24 heavy (non-hydrogen) atoms. The van der Waals surface area contributed by atoms with Gasteiger partial charge in [0.1, 0.15) is 5.82 Å². The molecule has 0 saturated carbocycles. The van der Waals surface area contributed by atoms with Crippen LogP contribution in [0.15, 0.2) is 36.5 Å². The van der Waals surface area contributed by atoms with Gasteiger partial charge in [-0.05, 0) is 25.0 Å². The average Bonchev–Trinajstić information content (AvgIpc) is 3.15. The van der Waals surface area contributed by atoms with Crippen molar-refractivity contribution in [1.29, 1.82) is 0 Å². The highest BCUT2D eigenvalue weighted by Gasteiger charge is 2.40. The minimum atomic E-state index is -0.279. The van der Waals surface area contributed by atoms with Crippen LogP contribution in [0.5, 0.6) is 0 Å². The minimum absolute atomic E-state index is 0.106. The Morgan fingerprint density at radius 1 is 1.25 bits per heavy atom. The van der Waals surface area contributed by atoms with E-state index in [0.717, 1.165) is 48.1 Å². The van der Waals surface area contributed by atoms with Gasteiger partial charge in [-0.1, -0.05) is 12.1 Å². The van der Waals surface area contributed by atoms with Gasteiger partial charge in [0.2, 0.25) is 6.41 Å². The molecule has 2 aromatic heterocycles. The highest BCUT2D eigenvalue weighted by Crippen LogP contribution is 2.42. The predicted octanol–water partition coefficient (Wildman–Crippen LogP) is 2.75. The summed E-state index contributed by atoms with van der Waals surface area (Å²) in [6, 6.07) is 8.65. The molecule has 5 nitrogen and oxygen atoms in total. The van der Waals surface area contributed by atoms with Crippen LogP contribution in [0.1, 0.15) is 30.1 Å². The first-order valence-electron chi connectivity index (χ1n) is 8.11. The summed E-state index contributed by atoms with van der Waals surface area (Å²) in [6.45, 7) is 0. The maximum absolute atomic E-state index is 13.5. The summed E-state index contributed by atoms with van der Waals surface area (Å²) < 4.78 is 15.3. The summed E-state index contributed by atoms with van der Waals surface area (Å²) in [5, 5.41) is 4.67. The first-order valence-corrected chi connectivity index (χ1v) is 8.11. The molecule has 1 aromatic carbocycles. The number of aromatic nitrogens is 3. The second kappa shape index (κ2) is 4.87. The van der Waals surface area contributed by atoms with Crippen LogP contribution in [-0.2, 0) is 11.2 Å². The van der Waals surface area contributed by atoms with Crippen LogP contribution >= 0.6 is 0 Å². The third-order valence-corrected chi connectivity index (χ3v) is 5.20. The molecular weight excluding hydrogens is 307 g/mol. The Hall–Kier alpha value is -2.76. The molecule has 1 fully saturated rings. The molecule has 0 radical (unpaired) electrons. The van der Waals surface area contributed by atoms with E-state index >= 15 is 0 Å². The number of fused-ring (bicyclic) bond motifs is 6. The van der Waals surface area contributed by atoms with E-state index in [9.17, 15) is 9.18 Å². The largest absolute Gasteiger partial charge is 0.335 e. The average molecular weight is 322 g/mol. The smallest absolute Gasteiger partial charge is 0.210 e. The number of amides is 1. The third-order valence-electron chi connectivity index (χ3n) is 5.20. The molecule has 2 bridgehead atoms. The lowest BCUT2D eigenvalue weighted by Gasteiger charge is -2.33. The molecule has 2 aliphatic rings. The van der Waals surface area contributed by atoms with Crippen LogP contribution in [0.3, 0.4) is 0 Å². The van der Waals surface area contributed by atoms with Gasteiger partial charge >= 0.3 is 0 Å². The number of carbonyl (C=O) groups excluding carboxylic acids is 1. The summed E-state index contributed by atoms with van der Waals surface area (Å²) in [5.41, 5.74) is 4.40. The number of benzene rings is 1. The number of halogens is 1. The number of nitrogens with zero attached hydrogens (tertiary/aromatic N) is 4. The van der Waals surface area contributed by atoms with E-state index < -0.39 is 0 Å². The molecule has 0 spiro atoms. The van der Waals surface area contributed by atoms with Gasteiger partial charge in [0.25, 0.3) is 0 Å². The number of carbonyl (C=O) groups is 1. The highest BCUT2D eigenvalue weighted by atomic mass is 19.1. The zero-order valence-electron chi connectivity index (χ0n) is 12.9. The molecule has 3 aromatic rings. The second-order valence-electron chi connectivity index (χ2n) is 6.47. The highest BCUT2D eigenvalue weighted by molar-refractivity contribution is 5.64. The fraction of sp³-hybridized carbons (Fsp3) is 0.278. The van der Waals surface area contributed by atoms with Crippen LogP contribution in [0, 0.1) is 5.82 Å². The van der Waals surface area contributed by atoms with Crippen molar-refractivity contribution in [3.63, 3.8) is 0 Å². The lowest BCUT2D eigenvalue weighted by molar-refractivity contribution is -0.121. The van der Waals surface area contributed by atoms with Crippen molar-refractivity contribution < 1.29 is 9.18 Å². The van der Waals surface area contributed by atoms with E-state index in [1.807, 2.05) is 27.7 Å². The fourth-order valence-electron chi connectivity index (χ4n) is 4.08. The lowest BCUT2D eigenvalue weighted by Crippen LogP contribution is -2.37. The van der Waals surface area contributed by atoms with Gasteiger partial charge < -0.3 is 4.90 Å². The third kappa shape index (κ3) is 1.82. The van der Waals surface area contributed by atoms with E-state index in [1.54, 1.807) is 6.07 Å². The van der Waals surface area contributed by atoms with E-state index in [2.05, 4.69) is 10.1 Å². The van der Waals surface area contributed by atoms with Crippen molar-refractivity contribution in [2.24, 2.45) is 0 Å². The van der Waals surface area contributed by atoms with Crippen LogP contribution in [-0.4, -0.2) is 31.9 Å². The molecule has 1 amide bonds. The monoisotopic (exact) mass is 322 g/mol. The minimum Gasteiger partial charge on any atom is -0.335 e. The Morgan fingerprint density at radius 2 is 2.17 bits per heavy atom. The summed E-state index contributed by atoms with van der Waals surface area (Å²) in [5.74, 6) is -0.279. The van der Waals surface area contributed by atoms with Crippen molar-refractivity contribution >= 4 is 12.1 Å². The van der Waals surface area contributed by atoms with Gasteiger partial charge in [-0.2, -0.15) is 5.10 Å². The van der Waals surface area contributed by atoms with Gasteiger partial charge in [0.15, 0.2) is 5.65 Å². The SMILES string of the molecule is O=CN1C2CCC1c1cnc3cc(-c4cccc(F)c4)nn3c1C2. The molecule has 120 valence electrons. The van der Waals surface area contributed by atoms with Crippen molar-refractivity contribution in [3.05, 3.63) is 53.6 Å². The fourth-order valence-corrected chi connectivity index (χ4v) is 4.08. The van der Waals surface area contributed by atoms with E-state index in [4.69, 9.17) is 0 Å². The summed E-state index contributed by atoms with van der Waals surface area (Å²) in [7, 11) is 0. The summed E-state index contributed by atoms with van der Waals surface area (Å²) in [6.07, 6.45) is 5.59. The molecular formula is C18H15FN4O. The van der Waals surface area contributed by atoms with Gasteiger partial charge in [-0.3, -0.25) is 4.79 Å². The van der Waals surface area contributed by atoms with Crippen molar-refractivity contribution in [2.45, 2.75) is 31.3 Å². The molecule has 2 aliphatic heterocycles. The van der Waals surface area contributed by atoms with E-state index in [-0.39, 0.29) is 17.9 Å². The Balaban J connectivity index is 1.68. The van der Waals surface area contributed by atoms with Gasteiger partial charge in [-0.25, -0.2) is 13.9 Å².